The number of benzene rings is 2. The van der Waals surface area contributed by atoms with Crippen LogP contribution in [-0.2, 0) is 14.9 Å². The average molecular weight is 450 g/mol. The highest BCUT2D eigenvalue weighted by Gasteiger charge is 2.43. The fourth-order valence-corrected chi connectivity index (χ4v) is 4.45. The van der Waals surface area contributed by atoms with Crippen LogP contribution in [0, 0.1) is 0 Å². The number of amides is 1. The third-order valence-corrected chi connectivity index (χ3v) is 6.61. The Balaban J connectivity index is 1.72. The van der Waals surface area contributed by atoms with E-state index < -0.39 is 5.41 Å². The Kier molecular flexibility index (Phi) is 7.33. The number of hydrogen-bond donors (Lipinski definition) is 1. The van der Waals surface area contributed by atoms with Crippen LogP contribution in [-0.4, -0.2) is 25.2 Å². The molecule has 6 heteroatoms. The van der Waals surface area contributed by atoms with Gasteiger partial charge in [-0.25, -0.2) is 0 Å². The summed E-state index contributed by atoms with van der Waals surface area (Å²) < 4.78 is 11.2. The summed E-state index contributed by atoms with van der Waals surface area (Å²) in [5.74, 6) is 0.544. The van der Waals surface area contributed by atoms with Gasteiger partial charge in [0.1, 0.15) is 5.75 Å². The molecule has 1 aliphatic rings. The Morgan fingerprint density at radius 2 is 1.80 bits per heavy atom. The maximum absolute atomic E-state index is 13.3. The van der Waals surface area contributed by atoms with Gasteiger partial charge in [0.25, 0.3) is 0 Å². The molecule has 0 bridgehead atoms. The van der Waals surface area contributed by atoms with E-state index in [1.807, 2.05) is 44.2 Å². The van der Waals surface area contributed by atoms with Gasteiger partial charge in [-0.2, -0.15) is 0 Å². The number of anilines is 1. The molecule has 1 N–H and O–H groups in total. The largest absolute Gasteiger partial charge is 0.492 e. The van der Waals surface area contributed by atoms with Crippen LogP contribution in [0.3, 0.4) is 0 Å². The molecule has 162 valence electrons. The second kappa shape index (κ2) is 9.59. The molecule has 0 spiro atoms. The predicted octanol–water partition coefficient (Wildman–Crippen LogP) is 6.64. The van der Waals surface area contributed by atoms with Crippen LogP contribution in [0.5, 0.6) is 5.75 Å². The lowest BCUT2D eigenvalue weighted by molar-refractivity contribution is -0.121. The zero-order valence-corrected chi connectivity index (χ0v) is 19.3. The van der Waals surface area contributed by atoms with Crippen molar-refractivity contribution in [2.75, 3.05) is 19.0 Å². The van der Waals surface area contributed by atoms with Crippen LogP contribution in [0.4, 0.5) is 5.69 Å². The monoisotopic (exact) mass is 449 g/mol. The molecule has 0 aliphatic heterocycles. The third kappa shape index (κ3) is 5.11. The molecule has 0 saturated heterocycles. The zero-order chi connectivity index (χ0) is 21.8. The van der Waals surface area contributed by atoms with Gasteiger partial charge in [0.05, 0.1) is 22.6 Å². The van der Waals surface area contributed by atoms with Crippen LogP contribution in [0.15, 0.2) is 42.5 Å². The molecule has 0 unspecified atom stereocenters. The standard InChI is InChI=1S/C24H29Cl2NO3/c1-23(2,29-3)14-15-30-21-11-10-17(16-20(21)26)27-22(28)24(12-6-7-13-24)18-8-4-5-9-19(18)25/h4-5,8-11,16H,6-7,12-15H2,1-3H3,(H,27,28). The van der Waals surface area contributed by atoms with Crippen LogP contribution in [0.2, 0.25) is 10.0 Å². The summed E-state index contributed by atoms with van der Waals surface area (Å²) in [7, 11) is 1.68. The summed E-state index contributed by atoms with van der Waals surface area (Å²) in [5, 5.41) is 4.14. The van der Waals surface area contributed by atoms with Crippen molar-refractivity contribution in [1.29, 1.82) is 0 Å². The first kappa shape index (κ1) is 22.9. The number of carbonyl (C=O) groups is 1. The second-order valence-corrected chi connectivity index (χ2v) is 9.25. The van der Waals surface area contributed by atoms with E-state index >= 15 is 0 Å². The summed E-state index contributed by atoms with van der Waals surface area (Å²) in [6.45, 7) is 4.50. The lowest BCUT2D eigenvalue weighted by Gasteiger charge is -2.29. The van der Waals surface area contributed by atoms with Crippen LogP contribution in [0.25, 0.3) is 0 Å². The van der Waals surface area contributed by atoms with Gasteiger partial charge >= 0.3 is 0 Å². The first-order valence-electron chi connectivity index (χ1n) is 10.3. The van der Waals surface area contributed by atoms with Gasteiger partial charge in [-0.1, -0.05) is 54.2 Å². The van der Waals surface area contributed by atoms with Crippen molar-refractivity contribution < 1.29 is 14.3 Å². The van der Waals surface area contributed by atoms with Gasteiger partial charge in [0.15, 0.2) is 0 Å². The van der Waals surface area contributed by atoms with Crippen LogP contribution < -0.4 is 10.1 Å². The number of hydrogen-bond acceptors (Lipinski definition) is 3. The van der Waals surface area contributed by atoms with Gasteiger partial charge < -0.3 is 14.8 Å². The Labute approximate surface area is 188 Å². The molecule has 0 radical (unpaired) electrons. The number of rotatable bonds is 8. The predicted molar refractivity (Wildman–Crippen MR) is 123 cm³/mol. The van der Waals surface area contributed by atoms with E-state index in [9.17, 15) is 4.79 Å². The lowest BCUT2D eigenvalue weighted by Crippen LogP contribution is -2.38. The summed E-state index contributed by atoms with van der Waals surface area (Å²) in [6, 6.07) is 13.0. The summed E-state index contributed by atoms with van der Waals surface area (Å²) in [5.41, 5.74) is 0.682. The SMILES string of the molecule is COC(C)(C)CCOc1ccc(NC(=O)C2(c3ccccc3Cl)CCCC2)cc1Cl. The molecule has 30 heavy (non-hydrogen) atoms. The number of carbonyl (C=O) groups excluding carboxylic acids is 1. The quantitative estimate of drug-likeness (QED) is 0.491. The minimum atomic E-state index is -0.605. The highest BCUT2D eigenvalue weighted by Crippen LogP contribution is 2.44. The Morgan fingerprint density at radius 3 is 2.43 bits per heavy atom. The van der Waals surface area contributed by atoms with E-state index in [-0.39, 0.29) is 11.5 Å². The molecule has 0 heterocycles. The minimum absolute atomic E-state index is 0.0420. The van der Waals surface area contributed by atoms with Crippen molar-refractivity contribution in [2.24, 2.45) is 0 Å². The van der Waals surface area contributed by atoms with E-state index in [1.54, 1.807) is 19.2 Å². The van der Waals surface area contributed by atoms with Crippen molar-refractivity contribution >= 4 is 34.8 Å². The molecule has 2 aromatic rings. The summed E-state index contributed by atoms with van der Waals surface area (Å²) in [4.78, 5) is 13.3. The summed E-state index contributed by atoms with van der Waals surface area (Å²) in [6.07, 6.45) is 4.31. The maximum atomic E-state index is 13.3. The van der Waals surface area contributed by atoms with Crippen LogP contribution >= 0.6 is 23.2 Å². The lowest BCUT2D eigenvalue weighted by atomic mass is 9.78. The Hall–Kier alpha value is -1.75. The third-order valence-electron chi connectivity index (χ3n) is 5.99. The average Bonchev–Trinajstić information content (AvgIpc) is 3.21. The second-order valence-electron chi connectivity index (χ2n) is 8.43. The van der Waals surface area contributed by atoms with Crippen LogP contribution in [0.1, 0.15) is 51.5 Å². The van der Waals surface area contributed by atoms with E-state index in [0.717, 1.165) is 37.7 Å². The molecule has 0 aromatic heterocycles. The van der Waals surface area contributed by atoms with E-state index in [2.05, 4.69) is 5.32 Å². The first-order chi connectivity index (χ1) is 14.3. The van der Waals surface area contributed by atoms with E-state index in [0.29, 0.717) is 28.1 Å². The molecule has 4 nitrogen and oxygen atoms in total. The van der Waals surface area contributed by atoms with Crippen molar-refractivity contribution in [2.45, 2.75) is 57.0 Å². The van der Waals surface area contributed by atoms with Gasteiger partial charge in [-0.3, -0.25) is 4.79 Å². The number of halogens is 2. The molecule has 0 atom stereocenters. The van der Waals surface area contributed by atoms with Crippen molar-refractivity contribution in [1.82, 2.24) is 0 Å². The highest BCUT2D eigenvalue weighted by atomic mass is 35.5. The number of ether oxygens (including phenoxy) is 2. The highest BCUT2D eigenvalue weighted by molar-refractivity contribution is 6.32. The Morgan fingerprint density at radius 1 is 1.10 bits per heavy atom. The van der Waals surface area contributed by atoms with Crippen molar-refractivity contribution in [3.8, 4) is 5.75 Å². The zero-order valence-electron chi connectivity index (χ0n) is 17.8. The fourth-order valence-electron chi connectivity index (χ4n) is 3.90. The maximum Gasteiger partial charge on any atom is 0.235 e. The summed E-state index contributed by atoms with van der Waals surface area (Å²) >= 11 is 12.9. The molecular formula is C24H29Cl2NO3. The van der Waals surface area contributed by atoms with Gasteiger partial charge in [0, 0.05) is 24.2 Å². The normalized spacial score (nSPS) is 15.8. The van der Waals surface area contributed by atoms with Gasteiger partial charge in [0.2, 0.25) is 5.91 Å². The van der Waals surface area contributed by atoms with Crippen molar-refractivity contribution in [3.05, 3.63) is 58.1 Å². The molecule has 3 rings (SSSR count). The Bertz CT molecular complexity index is 892. The molecular weight excluding hydrogens is 421 g/mol. The topological polar surface area (TPSA) is 47.6 Å². The minimum Gasteiger partial charge on any atom is -0.492 e. The van der Waals surface area contributed by atoms with E-state index in [4.69, 9.17) is 32.7 Å². The van der Waals surface area contributed by atoms with Crippen molar-refractivity contribution in [3.63, 3.8) is 0 Å². The molecule has 1 aliphatic carbocycles. The van der Waals surface area contributed by atoms with Gasteiger partial charge in [-0.15, -0.1) is 0 Å². The van der Waals surface area contributed by atoms with E-state index in [1.165, 1.54) is 0 Å². The smallest absolute Gasteiger partial charge is 0.235 e. The van der Waals surface area contributed by atoms with Gasteiger partial charge in [-0.05, 0) is 56.5 Å². The molecule has 1 fully saturated rings. The molecule has 1 saturated carbocycles. The molecule has 1 amide bonds. The first-order valence-corrected chi connectivity index (χ1v) is 11.1. The molecule has 2 aromatic carbocycles. The fraction of sp³-hybridized carbons (Fsp3) is 0.458. The number of methoxy groups -OCH3 is 1. The number of nitrogens with one attached hydrogen (secondary N) is 1.